The second-order valence-electron chi connectivity index (χ2n) is 6.00. The first-order valence-corrected chi connectivity index (χ1v) is 10.2. The molecule has 124 valence electrons. The molecule has 24 heavy (non-hydrogen) atoms. The molecule has 0 saturated heterocycles. The molecule has 4 heteroatoms. The van der Waals surface area contributed by atoms with Crippen molar-refractivity contribution in [1.29, 1.82) is 0 Å². The van der Waals surface area contributed by atoms with Crippen LogP contribution in [0.5, 0.6) is 0 Å². The molecular weight excluding hydrogens is 361 g/mol. The fourth-order valence-electron chi connectivity index (χ4n) is 2.53. The standard InChI is InChI=1S/C20H23N3Se/c1-3-4-10-19-20(24-18-13-11-16(2)12-14-18)23(22-21-19)15-17-8-6-5-7-9-17/h5-9,11-14H,3-4,10,15H2,1-2H3. The van der Waals surface area contributed by atoms with Crippen molar-refractivity contribution in [3.05, 3.63) is 71.4 Å². The summed E-state index contributed by atoms with van der Waals surface area (Å²) in [7, 11) is 0. The molecule has 0 fully saturated rings. The normalized spacial score (nSPS) is 10.9. The van der Waals surface area contributed by atoms with Crippen LogP contribution in [-0.4, -0.2) is 30.0 Å². The number of hydrogen-bond donors (Lipinski definition) is 0. The molecule has 0 radical (unpaired) electrons. The van der Waals surface area contributed by atoms with Crippen LogP contribution < -0.4 is 9.05 Å². The predicted octanol–water partition coefficient (Wildman–Crippen LogP) is 2.63. The van der Waals surface area contributed by atoms with E-state index in [0.29, 0.717) is 0 Å². The summed E-state index contributed by atoms with van der Waals surface area (Å²) in [5, 5.41) is 8.95. The number of hydrogen-bond acceptors (Lipinski definition) is 2. The zero-order valence-corrected chi connectivity index (χ0v) is 16.0. The van der Waals surface area contributed by atoms with E-state index in [0.717, 1.165) is 13.0 Å². The third-order valence-electron chi connectivity index (χ3n) is 3.93. The molecule has 0 unspecified atom stereocenters. The third-order valence-corrected chi connectivity index (χ3v) is 6.34. The van der Waals surface area contributed by atoms with E-state index < -0.39 is 0 Å². The van der Waals surface area contributed by atoms with Gasteiger partial charge >= 0.3 is 150 Å². The Morgan fingerprint density at radius 1 is 1.00 bits per heavy atom. The Morgan fingerprint density at radius 2 is 1.75 bits per heavy atom. The molecule has 0 N–H and O–H groups in total. The van der Waals surface area contributed by atoms with E-state index in [-0.39, 0.29) is 15.0 Å². The predicted molar refractivity (Wildman–Crippen MR) is 100 cm³/mol. The maximum absolute atomic E-state index is 4.49. The number of aryl methyl sites for hydroxylation is 2. The van der Waals surface area contributed by atoms with Crippen LogP contribution in [0.15, 0.2) is 54.6 Å². The van der Waals surface area contributed by atoms with Crippen LogP contribution in [0.2, 0.25) is 0 Å². The van der Waals surface area contributed by atoms with Gasteiger partial charge < -0.3 is 0 Å². The van der Waals surface area contributed by atoms with Crippen LogP contribution in [-0.2, 0) is 13.0 Å². The van der Waals surface area contributed by atoms with Crippen molar-refractivity contribution in [2.75, 3.05) is 0 Å². The molecule has 0 aliphatic rings. The Kier molecular flexibility index (Phi) is 5.84. The summed E-state index contributed by atoms with van der Waals surface area (Å²) in [6.45, 7) is 5.15. The van der Waals surface area contributed by atoms with Crippen molar-refractivity contribution in [1.82, 2.24) is 15.0 Å². The fourth-order valence-corrected chi connectivity index (χ4v) is 4.55. The van der Waals surface area contributed by atoms with Gasteiger partial charge in [0.15, 0.2) is 0 Å². The van der Waals surface area contributed by atoms with Crippen LogP contribution in [0.3, 0.4) is 0 Å². The van der Waals surface area contributed by atoms with Gasteiger partial charge in [-0.25, -0.2) is 0 Å². The van der Waals surface area contributed by atoms with Crippen molar-refractivity contribution in [3.63, 3.8) is 0 Å². The molecule has 3 nitrogen and oxygen atoms in total. The molecule has 0 saturated carbocycles. The van der Waals surface area contributed by atoms with E-state index in [1.807, 2.05) is 0 Å². The van der Waals surface area contributed by atoms with E-state index in [1.54, 1.807) is 0 Å². The molecular formula is C20H23N3Se. The Hall–Kier alpha value is -1.90. The van der Waals surface area contributed by atoms with Gasteiger partial charge in [-0.3, -0.25) is 0 Å². The number of benzene rings is 2. The van der Waals surface area contributed by atoms with Gasteiger partial charge in [0.2, 0.25) is 0 Å². The van der Waals surface area contributed by atoms with E-state index >= 15 is 0 Å². The first kappa shape index (κ1) is 16.9. The Morgan fingerprint density at radius 3 is 2.46 bits per heavy atom. The van der Waals surface area contributed by atoms with E-state index in [1.165, 1.54) is 38.7 Å². The minimum atomic E-state index is 0.231. The Bertz CT molecular complexity index is 763. The molecule has 2 aromatic carbocycles. The van der Waals surface area contributed by atoms with Gasteiger partial charge in [-0.1, -0.05) is 0 Å². The molecule has 1 heterocycles. The summed E-state index contributed by atoms with van der Waals surface area (Å²) in [4.78, 5) is 0. The summed E-state index contributed by atoms with van der Waals surface area (Å²) in [5.41, 5.74) is 3.75. The fraction of sp³-hybridized carbons (Fsp3) is 0.300. The summed E-state index contributed by atoms with van der Waals surface area (Å²) in [5.74, 6) is 0. The molecule has 0 aliphatic carbocycles. The van der Waals surface area contributed by atoms with Gasteiger partial charge in [0.05, 0.1) is 0 Å². The Balaban J connectivity index is 1.87. The maximum atomic E-state index is 4.49. The van der Waals surface area contributed by atoms with Crippen molar-refractivity contribution >= 4 is 24.0 Å². The first-order valence-electron chi connectivity index (χ1n) is 8.47. The van der Waals surface area contributed by atoms with Crippen molar-refractivity contribution < 1.29 is 0 Å². The van der Waals surface area contributed by atoms with E-state index in [2.05, 4.69) is 83.4 Å². The van der Waals surface area contributed by atoms with Crippen molar-refractivity contribution in [2.45, 2.75) is 39.7 Å². The second-order valence-corrected chi connectivity index (χ2v) is 8.23. The molecule has 0 atom stereocenters. The monoisotopic (exact) mass is 385 g/mol. The molecule has 0 aliphatic heterocycles. The molecule has 0 amide bonds. The van der Waals surface area contributed by atoms with Crippen LogP contribution in [0.25, 0.3) is 0 Å². The van der Waals surface area contributed by atoms with E-state index in [9.17, 15) is 0 Å². The molecule has 3 aromatic rings. The van der Waals surface area contributed by atoms with Crippen LogP contribution in [0, 0.1) is 6.92 Å². The van der Waals surface area contributed by atoms with Crippen LogP contribution >= 0.6 is 0 Å². The number of nitrogens with zero attached hydrogens (tertiary/aromatic N) is 3. The molecule has 1 aromatic heterocycles. The second kappa shape index (κ2) is 8.27. The van der Waals surface area contributed by atoms with Gasteiger partial charge in [0.1, 0.15) is 0 Å². The molecule has 0 bridgehead atoms. The quantitative estimate of drug-likeness (QED) is 0.587. The van der Waals surface area contributed by atoms with Crippen molar-refractivity contribution in [2.24, 2.45) is 0 Å². The van der Waals surface area contributed by atoms with E-state index in [4.69, 9.17) is 0 Å². The number of unbranched alkanes of at least 4 members (excludes halogenated alkanes) is 1. The number of rotatable bonds is 7. The van der Waals surface area contributed by atoms with Gasteiger partial charge in [0, 0.05) is 0 Å². The topological polar surface area (TPSA) is 30.7 Å². The van der Waals surface area contributed by atoms with Crippen molar-refractivity contribution in [3.8, 4) is 0 Å². The SMILES string of the molecule is CCCCc1nnn(Cc2ccccc2)c1[Se]c1ccc(C)cc1. The Labute approximate surface area is 150 Å². The molecule has 0 spiro atoms. The summed E-state index contributed by atoms with van der Waals surface area (Å²) in [6.07, 6.45) is 3.37. The summed E-state index contributed by atoms with van der Waals surface area (Å²) < 4.78 is 4.78. The van der Waals surface area contributed by atoms with Gasteiger partial charge in [0.25, 0.3) is 0 Å². The third kappa shape index (κ3) is 4.34. The zero-order chi connectivity index (χ0) is 16.8. The number of aromatic nitrogens is 3. The molecule has 3 rings (SSSR count). The first-order chi connectivity index (χ1) is 11.8. The van der Waals surface area contributed by atoms with Gasteiger partial charge in [-0.2, -0.15) is 0 Å². The average molecular weight is 384 g/mol. The average Bonchev–Trinajstić information content (AvgIpc) is 2.97. The summed E-state index contributed by atoms with van der Waals surface area (Å²) >= 11 is 0.231. The zero-order valence-electron chi connectivity index (χ0n) is 14.3. The summed E-state index contributed by atoms with van der Waals surface area (Å²) in [6, 6.07) is 19.4. The van der Waals surface area contributed by atoms with Crippen LogP contribution in [0.1, 0.15) is 36.6 Å². The minimum absolute atomic E-state index is 0.231. The van der Waals surface area contributed by atoms with Gasteiger partial charge in [-0.05, 0) is 0 Å². The van der Waals surface area contributed by atoms with Gasteiger partial charge in [-0.15, -0.1) is 0 Å². The van der Waals surface area contributed by atoms with Crippen LogP contribution in [0.4, 0.5) is 0 Å².